The Labute approximate surface area is 142 Å². The Bertz CT molecular complexity index is 704. The molecule has 1 heterocycles. The molecule has 0 atom stereocenters. The van der Waals surface area contributed by atoms with E-state index in [2.05, 4.69) is 4.98 Å². The summed E-state index contributed by atoms with van der Waals surface area (Å²) < 4.78 is 10.3. The predicted molar refractivity (Wildman–Crippen MR) is 90.8 cm³/mol. The van der Waals surface area contributed by atoms with Crippen LogP contribution in [-0.2, 0) is 27.3 Å². The third kappa shape index (κ3) is 4.47. The molecule has 0 radical (unpaired) electrons. The first-order valence-corrected chi connectivity index (χ1v) is 8.07. The summed E-state index contributed by atoms with van der Waals surface area (Å²) in [5, 5.41) is 0. The molecular weight excluding hydrogens is 306 g/mol. The van der Waals surface area contributed by atoms with Crippen molar-refractivity contribution >= 4 is 11.9 Å². The Hall–Kier alpha value is -2.56. The number of carbonyl (C=O) groups is 2. The van der Waals surface area contributed by atoms with E-state index in [-0.39, 0.29) is 18.5 Å². The molecule has 0 amide bonds. The molecule has 0 unspecified atom stereocenters. The molecule has 0 spiro atoms. The van der Waals surface area contributed by atoms with Crippen LogP contribution in [0, 0.1) is 13.8 Å². The van der Waals surface area contributed by atoms with E-state index in [0.29, 0.717) is 25.1 Å². The van der Waals surface area contributed by atoms with Gasteiger partial charge < -0.3 is 14.5 Å². The smallest absolute Gasteiger partial charge is 0.355 e. The minimum atomic E-state index is -0.387. The number of ether oxygens (including phenoxy) is 2. The van der Waals surface area contributed by atoms with Crippen molar-refractivity contribution in [2.75, 3.05) is 6.61 Å². The summed E-state index contributed by atoms with van der Waals surface area (Å²) in [5.41, 5.74) is 4.06. The van der Waals surface area contributed by atoms with E-state index in [1.807, 2.05) is 44.2 Å². The maximum Gasteiger partial charge on any atom is 0.355 e. The molecule has 0 saturated carbocycles. The van der Waals surface area contributed by atoms with Crippen molar-refractivity contribution < 1.29 is 19.1 Å². The standard InChI is InChI=1S/C19H23NO4/c1-4-23-17(21)11-10-16-13(2)18(20-14(16)3)19(22)24-12-15-8-6-5-7-9-15/h5-9,20H,4,10-12H2,1-3H3. The van der Waals surface area contributed by atoms with Gasteiger partial charge in [0.15, 0.2) is 0 Å². The second-order valence-corrected chi connectivity index (χ2v) is 5.60. The van der Waals surface area contributed by atoms with Gasteiger partial charge in [0.1, 0.15) is 12.3 Å². The third-order valence-corrected chi connectivity index (χ3v) is 3.89. The number of benzene rings is 1. The second kappa shape index (κ2) is 8.34. The summed E-state index contributed by atoms with van der Waals surface area (Å²) in [6, 6.07) is 9.54. The number of aromatic nitrogens is 1. The van der Waals surface area contributed by atoms with Crippen LogP contribution in [0.3, 0.4) is 0 Å². The monoisotopic (exact) mass is 329 g/mol. The van der Waals surface area contributed by atoms with Gasteiger partial charge in [0.2, 0.25) is 0 Å². The van der Waals surface area contributed by atoms with Crippen LogP contribution in [0.2, 0.25) is 0 Å². The van der Waals surface area contributed by atoms with Crippen LogP contribution in [0.5, 0.6) is 0 Å². The zero-order chi connectivity index (χ0) is 17.5. The average molecular weight is 329 g/mol. The number of rotatable bonds is 7. The van der Waals surface area contributed by atoms with Crippen LogP contribution in [0.1, 0.15) is 46.2 Å². The van der Waals surface area contributed by atoms with Gasteiger partial charge in [-0.05, 0) is 43.9 Å². The Morgan fingerprint density at radius 2 is 1.79 bits per heavy atom. The van der Waals surface area contributed by atoms with Crippen molar-refractivity contribution in [2.45, 2.75) is 40.2 Å². The zero-order valence-electron chi connectivity index (χ0n) is 14.3. The van der Waals surface area contributed by atoms with E-state index >= 15 is 0 Å². The molecule has 5 heteroatoms. The third-order valence-electron chi connectivity index (χ3n) is 3.89. The van der Waals surface area contributed by atoms with Crippen LogP contribution < -0.4 is 0 Å². The highest BCUT2D eigenvalue weighted by molar-refractivity contribution is 5.89. The van der Waals surface area contributed by atoms with Crippen LogP contribution in [-0.4, -0.2) is 23.5 Å². The fraction of sp³-hybridized carbons (Fsp3) is 0.368. The first-order valence-electron chi connectivity index (χ1n) is 8.07. The molecule has 0 saturated heterocycles. The average Bonchev–Trinajstić information content (AvgIpc) is 2.86. The normalized spacial score (nSPS) is 10.5. The molecular formula is C19H23NO4. The van der Waals surface area contributed by atoms with Gasteiger partial charge >= 0.3 is 11.9 Å². The first kappa shape index (κ1) is 17.8. The lowest BCUT2D eigenvalue weighted by molar-refractivity contribution is -0.143. The fourth-order valence-electron chi connectivity index (χ4n) is 2.62. The number of hydrogen-bond donors (Lipinski definition) is 1. The van der Waals surface area contributed by atoms with Gasteiger partial charge in [-0.15, -0.1) is 0 Å². The zero-order valence-corrected chi connectivity index (χ0v) is 14.3. The van der Waals surface area contributed by atoms with Crippen molar-refractivity contribution in [3.8, 4) is 0 Å². The molecule has 128 valence electrons. The Morgan fingerprint density at radius 1 is 1.08 bits per heavy atom. The van der Waals surface area contributed by atoms with E-state index in [1.54, 1.807) is 6.92 Å². The molecule has 0 aliphatic rings. The van der Waals surface area contributed by atoms with Crippen LogP contribution >= 0.6 is 0 Å². The van der Waals surface area contributed by atoms with E-state index < -0.39 is 0 Å². The Morgan fingerprint density at radius 3 is 2.46 bits per heavy atom. The second-order valence-electron chi connectivity index (χ2n) is 5.60. The Kier molecular flexibility index (Phi) is 6.18. The summed E-state index contributed by atoms with van der Waals surface area (Å²) >= 11 is 0. The molecule has 2 rings (SSSR count). The largest absolute Gasteiger partial charge is 0.466 e. The molecule has 0 fully saturated rings. The number of hydrogen-bond acceptors (Lipinski definition) is 4. The highest BCUT2D eigenvalue weighted by Crippen LogP contribution is 2.21. The lowest BCUT2D eigenvalue weighted by Crippen LogP contribution is -2.08. The summed E-state index contributed by atoms with van der Waals surface area (Å²) in [5.74, 6) is -0.618. The number of nitrogens with one attached hydrogen (secondary N) is 1. The minimum absolute atomic E-state index is 0.231. The van der Waals surface area contributed by atoms with Crippen molar-refractivity contribution in [3.05, 3.63) is 58.4 Å². The summed E-state index contributed by atoms with van der Waals surface area (Å²) in [6.07, 6.45) is 0.838. The molecule has 0 aliphatic heterocycles. The van der Waals surface area contributed by atoms with E-state index in [4.69, 9.17) is 9.47 Å². The number of aryl methyl sites for hydroxylation is 1. The maximum absolute atomic E-state index is 12.3. The fourth-order valence-corrected chi connectivity index (χ4v) is 2.62. The lowest BCUT2D eigenvalue weighted by atomic mass is 10.0. The van der Waals surface area contributed by atoms with Crippen LogP contribution in [0.15, 0.2) is 30.3 Å². The van der Waals surface area contributed by atoms with E-state index in [1.165, 1.54) is 0 Å². The molecule has 1 N–H and O–H groups in total. The van der Waals surface area contributed by atoms with Gasteiger partial charge in [0, 0.05) is 12.1 Å². The molecule has 0 aliphatic carbocycles. The van der Waals surface area contributed by atoms with Gasteiger partial charge in [0.25, 0.3) is 0 Å². The SMILES string of the molecule is CCOC(=O)CCc1c(C)[nH]c(C(=O)OCc2ccccc2)c1C. The molecule has 2 aromatic rings. The quantitative estimate of drug-likeness (QED) is 0.790. The van der Waals surface area contributed by atoms with Crippen LogP contribution in [0.25, 0.3) is 0 Å². The van der Waals surface area contributed by atoms with Gasteiger partial charge in [0.05, 0.1) is 6.61 Å². The van der Waals surface area contributed by atoms with Gasteiger partial charge in [-0.1, -0.05) is 30.3 Å². The van der Waals surface area contributed by atoms with Gasteiger partial charge in [-0.3, -0.25) is 4.79 Å². The summed E-state index contributed by atoms with van der Waals surface area (Å²) in [4.78, 5) is 26.9. The minimum Gasteiger partial charge on any atom is -0.466 e. The molecule has 0 bridgehead atoms. The Balaban J connectivity index is 2.01. The lowest BCUT2D eigenvalue weighted by Gasteiger charge is -2.05. The first-order chi connectivity index (χ1) is 11.5. The maximum atomic E-state index is 12.3. The molecule has 24 heavy (non-hydrogen) atoms. The van der Waals surface area contributed by atoms with Crippen molar-refractivity contribution in [3.63, 3.8) is 0 Å². The number of H-pyrrole nitrogens is 1. The molecule has 1 aromatic heterocycles. The topological polar surface area (TPSA) is 68.4 Å². The van der Waals surface area contributed by atoms with E-state index in [9.17, 15) is 9.59 Å². The molecule has 5 nitrogen and oxygen atoms in total. The van der Waals surface area contributed by atoms with Crippen molar-refractivity contribution in [1.29, 1.82) is 0 Å². The van der Waals surface area contributed by atoms with Gasteiger partial charge in [-0.25, -0.2) is 4.79 Å². The highest BCUT2D eigenvalue weighted by Gasteiger charge is 2.19. The highest BCUT2D eigenvalue weighted by atomic mass is 16.5. The number of esters is 2. The van der Waals surface area contributed by atoms with Gasteiger partial charge in [-0.2, -0.15) is 0 Å². The summed E-state index contributed by atoms with van der Waals surface area (Å²) in [6.45, 7) is 6.15. The van der Waals surface area contributed by atoms with Crippen LogP contribution in [0.4, 0.5) is 0 Å². The molecule has 1 aromatic carbocycles. The number of carbonyl (C=O) groups excluding carboxylic acids is 2. The number of aromatic amines is 1. The predicted octanol–water partition coefficient (Wildman–Crippen LogP) is 3.48. The summed E-state index contributed by atoms with van der Waals surface area (Å²) in [7, 11) is 0. The van der Waals surface area contributed by atoms with Crippen molar-refractivity contribution in [1.82, 2.24) is 4.98 Å². The van der Waals surface area contributed by atoms with E-state index in [0.717, 1.165) is 22.4 Å². The van der Waals surface area contributed by atoms with Crippen molar-refractivity contribution in [2.24, 2.45) is 0 Å².